The number of rotatable bonds is 5. The summed E-state index contributed by atoms with van der Waals surface area (Å²) in [5, 5.41) is 9.50. The number of ether oxygens (including phenoxy) is 1. The average Bonchev–Trinajstić information content (AvgIpc) is 2.64. The van der Waals surface area contributed by atoms with Crippen LogP contribution in [-0.2, 0) is 11.3 Å². The molecule has 6 nitrogen and oxygen atoms in total. The van der Waals surface area contributed by atoms with E-state index >= 15 is 0 Å². The number of amides is 1. The maximum absolute atomic E-state index is 13.4. The molecule has 1 aromatic rings. The van der Waals surface area contributed by atoms with Crippen LogP contribution in [0, 0.1) is 0 Å². The quantitative estimate of drug-likeness (QED) is 0.845. The van der Waals surface area contributed by atoms with Gasteiger partial charge in [-0.3, -0.25) is 9.80 Å². The lowest BCUT2D eigenvalue weighted by Crippen LogP contribution is -2.63. The number of halogens is 2. The van der Waals surface area contributed by atoms with E-state index < -0.39 is 18.6 Å². The van der Waals surface area contributed by atoms with Gasteiger partial charge in [0.15, 0.2) is 0 Å². The molecule has 2 aliphatic heterocycles. The zero-order valence-electron chi connectivity index (χ0n) is 15.5. The molecule has 0 unspecified atom stereocenters. The maximum Gasteiger partial charge on any atom is 0.407 e. The van der Waals surface area contributed by atoms with Crippen LogP contribution in [0.15, 0.2) is 30.3 Å². The molecule has 0 spiro atoms. The number of hydrogen-bond donors (Lipinski definition) is 1. The van der Waals surface area contributed by atoms with Gasteiger partial charge in [0.2, 0.25) is 0 Å². The zero-order chi connectivity index (χ0) is 19.4. The van der Waals surface area contributed by atoms with Crippen LogP contribution in [0.3, 0.4) is 0 Å². The Morgan fingerprint density at radius 2 is 2.00 bits per heavy atom. The van der Waals surface area contributed by atoms with Crippen LogP contribution in [0.2, 0.25) is 0 Å². The monoisotopic (exact) mass is 383 g/mol. The van der Waals surface area contributed by atoms with E-state index in [0.29, 0.717) is 39.3 Å². The summed E-state index contributed by atoms with van der Waals surface area (Å²) in [5.74, 6) is 0. The fourth-order valence-electron chi connectivity index (χ4n) is 3.95. The highest BCUT2D eigenvalue weighted by Crippen LogP contribution is 2.22. The highest BCUT2D eigenvalue weighted by atomic mass is 19.3. The van der Waals surface area contributed by atoms with E-state index in [-0.39, 0.29) is 18.7 Å². The lowest BCUT2D eigenvalue weighted by Gasteiger charge is -2.47. The largest absolute Gasteiger partial charge is 0.465 e. The number of alkyl halides is 2. The summed E-state index contributed by atoms with van der Waals surface area (Å²) in [6.07, 6.45) is -3.44. The number of morpholine rings is 1. The predicted molar refractivity (Wildman–Crippen MR) is 97.0 cm³/mol. The summed E-state index contributed by atoms with van der Waals surface area (Å²) < 4.78 is 32.0. The molecule has 3 atom stereocenters. The van der Waals surface area contributed by atoms with Crippen molar-refractivity contribution in [2.45, 2.75) is 38.0 Å². The van der Waals surface area contributed by atoms with E-state index in [2.05, 4.69) is 4.90 Å². The number of piperazine rings is 1. The molecule has 3 rings (SSSR count). The fraction of sp³-hybridized carbons (Fsp3) is 0.632. The second-order valence-electron chi connectivity index (χ2n) is 7.32. The summed E-state index contributed by atoms with van der Waals surface area (Å²) in [6, 6.07) is 8.73. The van der Waals surface area contributed by atoms with Crippen molar-refractivity contribution in [2.75, 3.05) is 39.4 Å². The second kappa shape index (κ2) is 8.95. The lowest BCUT2D eigenvalue weighted by atomic mass is 10.0. The Morgan fingerprint density at radius 1 is 1.26 bits per heavy atom. The third kappa shape index (κ3) is 4.94. The van der Waals surface area contributed by atoms with Gasteiger partial charge in [-0.25, -0.2) is 13.6 Å². The van der Waals surface area contributed by atoms with Crippen molar-refractivity contribution in [1.82, 2.24) is 14.7 Å². The SMILES string of the molecule is C[C@@H]1CN(Cc2ccccc2)[C@@H](CN2CCOC[C@H]2C(F)F)CN1C(=O)O. The fourth-order valence-corrected chi connectivity index (χ4v) is 3.95. The molecular weight excluding hydrogens is 356 g/mol. The van der Waals surface area contributed by atoms with Crippen molar-refractivity contribution < 1.29 is 23.4 Å². The Kier molecular flexibility index (Phi) is 6.62. The first kappa shape index (κ1) is 20.0. The van der Waals surface area contributed by atoms with Gasteiger partial charge in [0.05, 0.1) is 19.3 Å². The highest BCUT2D eigenvalue weighted by molar-refractivity contribution is 5.65. The van der Waals surface area contributed by atoms with Gasteiger partial charge in [-0.2, -0.15) is 0 Å². The molecule has 0 bridgehead atoms. The first-order valence-corrected chi connectivity index (χ1v) is 9.33. The van der Waals surface area contributed by atoms with Crippen molar-refractivity contribution in [3.8, 4) is 0 Å². The first-order valence-electron chi connectivity index (χ1n) is 9.33. The molecule has 1 amide bonds. The molecule has 0 aliphatic carbocycles. The van der Waals surface area contributed by atoms with Gasteiger partial charge in [0.1, 0.15) is 0 Å². The minimum atomic E-state index is -2.48. The van der Waals surface area contributed by atoms with E-state index in [0.717, 1.165) is 5.56 Å². The molecule has 2 fully saturated rings. The summed E-state index contributed by atoms with van der Waals surface area (Å²) in [6.45, 7) is 4.74. The molecule has 27 heavy (non-hydrogen) atoms. The van der Waals surface area contributed by atoms with Crippen molar-refractivity contribution in [3.63, 3.8) is 0 Å². The average molecular weight is 383 g/mol. The van der Waals surface area contributed by atoms with Crippen molar-refractivity contribution in [3.05, 3.63) is 35.9 Å². The molecule has 2 heterocycles. The van der Waals surface area contributed by atoms with Gasteiger partial charge in [0.25, 0.3) is 6.43 Å². The Bertz CT molecular complexity index is 619. The number of hydrogen-bond acceptors (Lipinski definition) is 4. The summed E-state index contributed by atoms with van der Waals surface area (Å²) in [7, 11) is 0. The maximum atomic E-state index is 13.4. The molecule has 8 heteroatoms. The molecule has 0 aromatic heterocycles. The molecule has 2 aliphatic rings. The van der Waals surface area contributed by atoms with Gasteiger partial charge < -0.3 is 14.7 Å². The minimum Gasteiger partial charge on any atom is -0.465 e. The molecule has 0 saturated carbocycles. The third-order valence-corrected chi connectivity index (χ3v) is 5.45. The van der Waals surface area contributed by atoms with E-state index in [1.807, 2.05) is 37.3 Å². The lowest BCUT2D eigenvalue weighted by molar-refractivity contribution is -0.0848. The summed E-state index contributed by atoms with van der Waals surface area (Å²) in [4.78, 5) is 17.0. The van der Waals surface area contributed by atoms with Crippen molar-refractivity contribution in [2.24, 2.45) is 0 Å². The van der Waals surface area contributed by atoms with Crippen molar-refractivity contribution in [1.29, 1.82) is 0 Å². The second-order valence-corrected chi connectivity index (χ2v) is 7.32. The molecule has 2 saturated heterocycles. The predicted octanol–water partition coefficient (Wildman–Crippen LogP) is 2.21. The van der Waals surface area contributed by atoms with Crippen molar-refractivity contribution >= 4 is 6.09 Å². The zero-order valence-corrected chi connectivity index (χ0v) is 15.5. The van der Waals surface area contributed by atoms with Crippen LogP contribution in [-0.4, -0.2) is 89.8 Å². The molecule has 1 N–H and O–H groups in total. The summed E-state index contributed by atoms with van der Waals surface area (Å²) >= 11 is 0. The molecular formula is C19H27F2N3O3. The van der Waals surface area contributed by atoms with E-state index in [1.54, 1.807) is 4.90 Å². The Labute approximate surface area is 158 Å². The third-order valence-electron chi connectivity index (χ3n) is 5.45. The van der Waals surface area contributed by atoms with Crippen LogP contribution in [0.5, 0.6) is 0 Å². The van der Waals surface area contributed by atoms with Gasteiger partial charge >= 0.3 is 6.09 Å². The van der Waals surface area contributed by atoms with Crippen LogP contribution >= 0.6 is 0 Å². The standard InChI is InChI=1S/C19H27F2N3O3/c1-14-9-23(10-15-5-3-2-4-6-15)16(12-24(14)19(25)26)11-22-7-8-27-13-17(22)18(20)21/h2-6,14,16-18H,7-13H2,1H3,(H,25,26)/t14-,16+,17+/m1/s1. The van der Waals surface area contributed by atoms with E-state index in [4.69, 9.17) is 4.74 Å². The van der Waals surface area contributed by atoms with Gasteiger partial charge in [-0.1, -0.05) is 30.3 Å². The number of carboxylic acid groups (broad SMARTS) is 1. The van der Waals surface area contributed by atoms with Crippen LogP contribution in [0.4, 0.5) is 13.6 Å². The molecule has 150 valence electrons. The topological polar surface area (TPSA) is 56.2 Å². The van der Waals surface area contributed by atoms with Gasteiger partial charge in [-0.05, 0) is 12.5 Å². The van der Waals surface area contributed by atoms with E-state index in [9.17, 15) is 18.7 Å². The van der Waals surface area contributed by atoms with Crippen LogP contribution < -0.4 is 0 Å². The number of nitrogens with zero attached hydrogens (tertiary/aromatic N) is 3. The first-order chi connectivity index (χ1) is 13.0. The minimum absolute atomic E-state index is 0.0160. The molecule has 1 aromatic carbocycles. The smallest absolute Gasteiger partial charge is 0.407 e. The summed E-state index contributed by atoms with van der Waals surface area (Å²) in [5.41, 5.74) is 1.13. The van der Waals surface area contributed by atoms with Crippen LogP contribution in [0.1, 0.15) is 12.5 Å². The molecule has 0 radical (unpaired) electrons. The van der Waals surface area contributed by atoms with Gasteiger partial charge in [-0.15, -0.1) is 0 Å². The van der Waals surface area contributed by atoms with E-state index in [1.165, 1.54) is 4.90 Å². The van der Waals surface area contributed by atoms with Gasteiger partial charge in [0, 0.05) is 44.8 Å². The normalized spacial score (nSPS) is 27.9. The number of carbonyl (C=O) groups is 1. The Balaban J connectivity index is 1.76. The Hall–Kier alpha value is -1.77. The number of benzene rings is 1. The van der Waals surface area contributed by atoms with Crippen LogP contribution in [0.25, 0.3) is 0 Å². The highest BCUT2D eigenvalue weighted by Gasteiger charge is 2.38. The Morgan fingerprint density at radius 3 is 2.67 bits per heavy atom.